The zero-order valence-corrected chi connectivity index (χ0v) is 22.7. The van der Waals surface area contributed by atoms with Gasteiger partial charge in [0.2, 0.25) is 0 Å². The molecule has 0 saturated carbocycles. The van der Waals surface area contributed by atoms with Gasteiger partial charge in [0.05, 0.1) is 24.4 Å². The van der Waals surface area contributed by atoms with Gasteiger partial charge < -0.3 is 4.74 Å². The average molecular weight is 531 g/mol. The number of piperidine rings is 1. The Kier molecular flexibility index (Phi) is 7.90. The molecule has 8 heteroatoms. The van der Waals surface area contributed by atoms with Crippen molar-refractivity contribution in [3.05, 3.63) is 88.9 Å². The molecule has 0 amide bonds. The van der Waals surface area contributed by atoms with Crippen LogP contribution < -0.4 is 0 Å². The zero-order chi connectivity index (χ0) is 26.6. The highest BCUT2D eigenvalue weighted by molar-refractivity contribution is 7.92. The van der Waals surface area contributed by atoms with E-state index in [1.165, 1.54) is 22.3 Å². The molecule has 5 rings (SSSR count). The minimum Gasteiger partial charge on any atom is -0.465 e. The van der Waals surface area contributed by atoms with Crippen molar-refractivity contribution >= 4 is 35.3 Å². The molecular weight excluding hydrogens is 499 g/mol. The van der Waals surface area contributed by atoms with E-state index in [1.807, 2.05) is 43.5 Å². The van der Waals surface area contributed by atoms with Crippen LogP contribution in [0.5, 0.6) is 0 Å². The molecule has 2 aromatic heterocycles. The van der Waals surface area contributed by atoms with Gasteiger partial charge in [-0.1, -0.05) is 29.8 Å². The van der Waals surface area contributed by atoms with Crippen molar-refractivity contribution in [3.8, 4) is 11.1 Å². The number of aromatic nitrogens is 3. The number of hydrogen-bond donors (Lipinski definition) is 0. The maximum Gasteiger partial charge on any atom is 0.337 e. The second-order valence-corrected chi connectivity index (χ2v) is 10.4. The number of rotatable bonds is 7. The second kappa shape index (κ2) is 11.5. The summed E-state index contributed by atoms with van der Waals surface area (Å²) in [5.74, 6) is 0.206. The molecule has 2 aromatic carbocycles. The molecule has 3 heterocycles. The number of fused-ring (bicyclic) bond motifs is 1. The van der Waals surface area contributed by atoms with Crippen LogP contribution in [-0.2, 0) is 4.74 Å². The molecular formula is C30H31FN4O2S. The van der Waals surface area contributed by atoms with E-state index < -0.39 is 0 Å². The van der Waals surface area contributed by atoms with E-state index >= 15 is 0 Å². The Labute approximate surface area is 226 Å². The summed E-state index contributed by atoms with van der Waals surface area (Å²) < 4.78 is 19.2. The Balaban J connectivity index is 1.28. The lowest BCUT2D eigenvalue weighted by atomic mass is 9.89. The number of pyridine rings is 1. The first-order valence-corrected chi connectivity index (χ1v) is 13.4. The van der Waals surface area contributed by atoms with Crippen molar-refractivity contribution < 1.29 is 13.4 Å². The predicted molar refractivity (Wildman–Crippen MR) is 152 cm³/mol. The highest BCUT2D eigenvalue weighted by Gasteiger charge is 2.21. The van der Waals surface area contributed by atoms with Gasteiger partial charge in [0.15, 0.2) is 12.3 Å². The van der Waals surface area contributed by atoms with Crippen LogP contribution in [0, 0.1) is 6.92 Å². The summed E-state index contributed by atoms with van der Waals surface area (Å²) in [5.41, 5.74) is 8.16. The Morgan fingerprint density at radius 1 is 1.16 bits per heavy atom. The van der Waals surface area contributed by atoms with Gasteiger partial charge in [0, 0.05) is 29.4 Å². The Morgan fingerprint density at radius 2 is 1.92 bits per heavy atom. The lowest BCUT2D eigenvalue weighted by Gasteiger charge is -2.32. The minimum atomic E-state index is -0.298. The second-order valence-electron chi connectivity index (χ2n) is 9.87. The molecule has 1 aliphatic heterocycles. The summed E-state index contributed by atoms with van der Waals surface area (Å²) >= 11 is 0.103. The van der Waals surface area contributed by atoms with Crippen LogP contribution in [0.4, 0.5) is 3.89 Å². The lowest BCUT2D eigenvalue weighted by molar-refractivity contribution is 0.0600. The molecule has 196 valence electrons. The summed E-state index contributed by atoms with van der Waals surface area (Å²) in [6, 6.07) is 15.9. The number of carbonyl (C=O) groups excluding carboxylic acids is 1. The number of carbonyl (C=O) groups is 1. The molecule has 0 radical (unpaired) electrons. The van der Waals surface area contributed by atoms with E-state index in [4.69, 9.17) is 4.74 Å². The zero-order valence-electron chi connectivity index (χ0n) is 21.9. The predicted octanol–water partition coefficient (Wildman–Crippen LogP) is 6.86. The van der Waals surface area contributed by atoms with Crippen LogP contribution in [0.15, 0.2) is 66.5 Å². The standard InChI is InChI=1S/C30H31FN4O2S/c1-20(19-34-14-11-23(12-15-34)22-4-6-24(7-5-22)30(36)37-3)16-28-21(2)32-13-10-27(28)25-8-9-29-26(17-25)18-33-35(29)38-31/h4-10,13,16-18,23H,11-12,14-15,19H2,1-3H3/b20-16+. The smallest absolute Gasteiger partial charge is 0.337 e. The van der Waals surface area contributed by atoms with Gasteiger partial charge in [0.25, 0.3) is 0 Å². The van der Waals surface area contributed by atoms with Crippen molar-refractivity contribution in [1.82, 2.24) is 19.1 Å². The van der Waals surface area contributed by atoms with E-state index in [0.717, 1.165) is 65.8 Å². The molecule has 0 bridgehead atoms. The fraction of sp³-hybridized carbons (Fsp3) is 0.300. The Bertz CT molecular complexity index is 1470. The molecule has 0 aliphatic carbocycles. The third-order valence-corrected chi connectivity index (χ3v) is 7.78. The maximum atomic E-state index is 13.1. The summed E-state index contributed by atoms with van der Waals surface area (Å²) in [7, 11) is 1.41. The topological polar surface area (TPSA) is 60.2 Å². The van der Waals surface area contributed by atoms with Gasteiger partial charge in [-0.05, 0) is 92.7 Å². The van der Waals surface area contributed by atoms with Crippen LogP contribution in [0.25, 0.3) is 28.1 Å². The van der Waals surface area contributed by atoms with E-state index in [2.05, 4.69) is 46.2 Å². The average Bonchev–Trinajstić information content (AvgIpc) is 3.36. The largest absolute Gasteiger partial charge is 0.465 e. The third-order valence-electron chi connectivity index (χ3n) is 7.36. The summed E-state index contributed by atoms with van der Waals surface area (Å²) in [6.45, 7) is 7.18. The van der Waals surface area contributed by atoms with Crippen molar-refractivity contribution in [3.63, 3.8) is 0 Å². The SMILES string of the molecule is COC(=O)c1ccc(C2CCN(C/C(C)=C/c3c(-c4ccc5c(cnn5SF)c4)ccnc3C)CC2)cc1. The van der Waals surface area contributed by atoms with Gasteiger partial charge in [-0.25, -0.2) is 4.79 Å². The molecule has 6 nitrogen and oxygen atoms in total. The number of benzene rings is 2. The molecule has 0 unspecified atom stereocenters. The van der Waals surface area contributed by atoms with Crippen molar-refractivity contribution in [2.24, 2.45) is 0 Å². The number of esters is 1. The van der Waals surface area contributed by atoms with Crippen LogP contribution >= 0.6 is 12.3 Å². The van der Waals surface area contributed by atoms with E-state index in [-0.39, 0.29) is 18.3 Å². The first-order chi connectivity index (χ1) is 18.5. The van der Waals surface area contributed by atoms with E-state index in [9.17, 15) is 8.68 Å². The Hall–Kier alpha value is -3.49. The first kappa shape index (κ1) is 26.1. The van der Waals surface area contributed by atoms with E-state index in [0.29, 0.717) is 11.5 Å². The molecule has 0 atom stereocenters. The van der Waals surface area contributed by atoms with Gasteiger partial charge >= 0.3 is 5.97 Å². The quantitative estimate of drug-likeness (QED) is 0.243. The molecule has 1 aliphatic rings. The van der Waals surface area contributed by atoms with Crippen LogP contribution in [0.1, 0.15) is 52.9 Å². The van der Waals surface area contributed by atoms with E-state index in [1.54, 1.807) is 6.20 Å². The fourth-order valence-corrected chi connectivity index (χ4v) is 5.64. The number of methoxy groups -OCH3 is 1. The summed E-state index contributed by atoms with van der Waals surface area (Å²) in [5, 5.41) is 5.00. The molecule has 0 spiro atoms. The fourth-order valence-electron chi connectivity index (χ4n) is 5.32. The molecule has 1 saturated heterocycles. The molecule has 1 fully saturated rings. The number of likely N-dealkylation sites (tertiary alicyclic amines) is 1. The molecule has 0 N–H and O–H groups in total. The highest BCUT2D eigenvalue weighted by Crippen LogP contribution is 2.32. The van der Waals surface area contributed by atoms with Crippen LogP contribution in [0.2, 0.25) is 0 Å². The van der Waals surface area contributed by atoms with Crippen molar-refractivity contribution in [2.75, 3.05) is 26.7 Å². The number of ether oxygens (including phenoxy) is 1. The summed E-state index contributed by atoms with van der Waals surface area (Å²) in [4.78, 5) is 18.8. The minimum absolute atomic E-state index is 0.103. The maximum absolute atomic E-state index is 13.1. The van der Waals surface area contributed by atoms with Crippen LogP contribution in [-0.4, -0.2) is 51.8 Å². The third kappa shape index (κ3) is 5.51. The van der Waals surface area contributed by atoms with Crippen molar-refractivity contribution in [2.45, 2.75) is 32.6 Å². The van der Waals surface area contributed by atoms with Crippen LogP contribution in [0.3, 0.4) is 0 Å². The van der Waals surface area contributed by atoms with Gasteiger partial charge in [0.1, 0.15) is 0 Å². The number of aryl methyl sites for hydroxylation is 1. The monoisotopic (exact) mass is 530 g/mol. The molecule has 38 heavy (non-hydrogen) atoms. The van der Waals surface area contributed by atoms with Gasteiger partial charge in [-0.3, -0.25) is 9.88 Å². The summed E-state index contributed by atoms with van der Waals surface area (Å²) in [6.07, 6.45) is 7.96. The highest BCUT2D eigenvalue weighted by atomic mass is 32.2. The number of nitrogens with zero attached hydrogens (tertiary/aromatic N) is 4. The normalized spacial score (nSPS) is 15.2. The first-order valence-electron chi connectivity index (χ1n) is 12.8. The van der Waals surface area contributed by atoms with Gasteiger partial charge in [-0.2, -0.15) is 9.19 Å². The van der Waals surface area contributed by atoms with Crippen molar-refractivity contribution in [1.29, 1.82) is 0 Å². The Morgan fingerprint density at radius 3 is 2.63 bits per heavy atom. The number of halogens is 1. The lowest BCUT2D eigenvalue weighted by Crippen LogP contribution is -2.34. The van der Waals surface area contributed by atoms with Gasteiger partial charge in [-0.15, -0.1) is 3.89 Å². The molecule has 4 aromatic rings. The number of hydrogen-bond acceptors (Lipinski definition) is 6.